The van der Waals surface area contributed by atoms with Crippen LogP contribution in [0.3, 0.4) is 0 Å². The average Bonchev–Trinajstić information content (AvgIpc) is 1.76. The van der Waals surface area contributed by atoms with Gasteiger partial charge < -0.3 is 89.4 Å². The molecule has 28 nitrogen and oxygen atoms in total. The molecule has 0 bridgehead atoms. The van der Waals surface area contributed by atoms with Crippen molar-refractivity contribution < 1.29 is 98.4 Å². The highest BCUT2D eigenvalue weighted by Gasteiger charge is 2.48. The lowest BCUT2D eigenvalue weighted by molar-refractivity contribution is -0.133. The van der Waals surface area contributed by atoms with E-state index in [-0.39, 0.29) is 142 Å². The number of piperazine rings is 1. The second-order valence-corrected chi connectivity index (χ2v) is 34.4. The van der Waals surface area contributed by atoms with Crippen molar-refractivity contribution in [3.05, 3.63) is 249 Å². The first-order valence-electron chi connectivity index (χ1n) is 40.8. The van der Waals surface area contributed by atoms with Crippen LogP contribution in [0.25, 0.3) is 44.2 Å². The minimum atomic E-state index is -0.888. The highest BCUT2D eigenvalue weighted by atomic mass is 33.1. The van der Waals surface area contributed by atoms with Crippen LogP contribution in [-0.2, 0) is 4.79 Å². The zero-order valence-electron chi connectivity index (χ0n) is 72.5. The van der Waals surface area contributed by atoms with E-state index < -0.39 is 58.0 Å². The number of amidine groups is 1. The first kappa shape index (κ1) is 90.9. The number of nitrogens with zero attached hydrogens (tertiary/aromatic N) is 5. The SMILES string of the molecule is CC(C)CN1C(=O)N(C)C(=O)C2NC(CCN3CCN(C(c4ccccc4)c4ccccc4)CC3)=NC21.Cc1c(C)c(C(=O)Oc2c(C)c(O)c(C)c(C)c2SSc2c(C)c(C)c(O)c(C)c2OC(=O)c2c(C)c(C)c(O)c(C)c2O)c(O)c(C)c1O.O=c1c(-c2ccc(Oc3cc(-c4coc5cc(O)cc(O)c5c4=O)ccc3O)cc2)coc2cc(O)cc(O)c12. The lowest BCUT2D eigenvalue weighted by atomic mass is 9.96. The summed E-state index contributed by atoms with van der Waals surface area (Å²) >= 11 is 0. The summed E-state index contributed by atoms with van der Waals surface area (Å²) in [6.45, 7) is 29.1. The van der Waals surface area contributed by atoms with Gasteiger partial charge in [-0.2, -0.15) is 0 Å². The fraction of sp³-hybridized carbons (Fsp3) is 0.268. The van der Waals surface area contributed by atoms with Crippen LogP contribution in [0.5, 0.6) is 86.2 Å². The van der Waals surface area contributed by atoms with Crippen LogP contribution in [0.2, 0.25) is 0 Å². The van der Waals surface area contributed by atoms with E-state index >= 15 is 0 Å². The minimum Gasteiger partial charge on any atom is -0.508 e. The Labute approximate surface area is 738 Å². The van der Waals surface area contributed by atoms with Gasteiger partial charge in [0.2, 0.25) is 10.9 Å². The van der Waals surface area contributed by atoms with Gasteiger partial charge in [-0.3, -0.25) is 29.1 Å². The second-order valence-electron chi connectivity index (χ2n) is 32.2. The molecule has 2 unspecified atom stereocenters. The number of hydrogen-bond acceptors (Lipinski definition) is 28. The van der Waals surface area contributed by atoms with Gasteiger partial charge in [0.25, 0.3) is 5.91 Å². The van der Waals surface area contributed by atoms with Crippen molar-refractivity contribution in [1.29, 1.82) is 0 Å². The smallest absolute Gasteiger partial charge is 0.347 e. The number of amides is 3. The van der Waals surface area contributed by atoms with Gasteiger partial charge in [0.15, 0.2) is 29.2 Å². The molecule has 15 rings (SSSR count). The van der Waals surface area contributed by atoms with Gasteiger partial charge in [-0.1, -0.05) is 92.7 Å². The predicted octanol–water partition coefficient (Wildman–Crippen LogP) is 17.4. The van der Waals surface area contributed by atoms with Crippen molar-refractivity contribution in [1.82, 2.24) is 24.9 Å². The summed E-state index contributed by atoms with van der Waals surface area (Å²) < 4.78 is 28.6. The summed E-state index contributed by atoms with van der Waals surface area (Å²) in [7, 11) is 3.91. The molecule has 660 valence electrons. The third-order valence-corrected chi connectivity index (χ3v) is 26.4. The van der Waals surface area contributed by atoms with Crippen LogP contribution in [0.4, 0.5) is 4.79 Å². The van der Waals surface area contributed by atoms with Gasteiger partial charge in [0, 0.05) is 99.3 Å². The summed E-state index contributed by atoms with van der Waals surface area (Å²) in [5.74, 6) is -3.21. The van der Waals surface area contributed by atoms with E-state index in [9.17, 15) is 84.9 Å². The Kier molecular flexibility index (Phi) is 26.6. The van der Waals surface area contributed by atoms with Gasteiger partial charge in [-0.15, -0.1) is 0 Å². The Morgan fingerprint density at radius 2 is 0.929 bits per heavy atom. The number of nitrogens with one attached hydrogen (secondary N) is 1. The molecule has 3 aliphatic rings. The number of aromatic hydroxyl groups is 11. The van der Waals surface area contributed by atoms with Gasteiger partial charge >= 0.3 is 18.0 Å². The first-order chi connectivity index (χ1) is 60.3. The number of likely N-dealkylation sites (N-methyl/N-ethyl adjacent to an activating group) is 1. The van der Waals surface area contributed by atoms with E-state index in [1.807, 2.05) is 0 Å². The van der Waals surface area contributed by atoms with Crippen LogP contribution < -0.4 is 30.4 Å². The molecule has 12 aromatic rings. The van der Waals surface area contributed by atoms with Gasteiger partial charge in [0.1, 0.15) is 121 Å². The molecule has 2 atom stereocenters. The molecular formula is C97H98N6O22S2. The van der Waals surface area contributed by atoms with Gasteiger partial charge in [0.05, 0.1) is 27.0 Å². The Morgan fingerprint density at radius 1 is 0.496 bits per heavy atom. The van der Waals surface area contributed by atoms with Crippen molar-refractivity contribution >= 4 is 73.2 Å². The molecule has 127 heavy (non-hydrogen) atoms. The van der Waals surface area contributed by atoms with Crippen molar-refractivity contribution in [2.24, 2.45) is 10.9 Å². The van der Waals surface area contributed by atoms with E-state index in [1.165, 1.54) is 94.3 Å². The van der Waals surface area contributed by atoms with Gasteiger partial charge in [-0.05, 0) is 202 Å². The van der Waals surface area contributed by atoms with E-state index in [0.29, 0.717) is 83.6 Å². The number of phenolic OH excluding ortho intramolecular Hbond substituents is 11. The second kappa shape index (κ2) is 37.2. The Hall–Kier alpha value is -13.8. The number of rotatable bonds is 19. The van der Waals surface area contributed by atoms with Crippen LogP contribution in [0.1, 0.15) is 125 Å². The third kappa shape index (κ3) is 18.0. The summed E-state index contributed by atoms with van der Waals surface area (Å²) in [6.07, 6.45) is 2.71. The number of imide groups is 1. The van der Waals surface area contributed by atoms with Crippen molar-refractivity contribution in [2.75, 3.05) is 46.3 Å². The number of ether oxygens (including phenoxy) is 3. The first-order valence-corrected chi connectivity index (χ1v) is 42.9. The topological polar surface area (TPSA) is 416 Å². The van der Waals surface area contributed by atoms with E-state index in [1.54, 1.807) is 105 Å². The fourth-order valence-corrected chi connectivity index (χ4v) is 18.8. The Morgan fingerprint density at radius 3 is 1.39 bits per heavy atom. The minimum absolute atomic E-state index is 0.00963. The van der Waals surface area contributed by atoms with E-state index in [0.717, 1.165) is 57.1 Å². The summed E-state index contributed by atoms with van der Waals surface area (Å²) in [4.78, 5) is 92.7. The number of aliphatic imine (C=N–C) groups is 1. The van der Waals surface area contributed by atoms with Crippen molar-refractivity contribution in [3.8, 4) is 108 Å². The van der Waals surface area contributed by atoms with Crippen molar-refractivity contribution in [3.63, 3.8) is 0 Å². The maximum atomic E-state index is 13.7. The molecule has 0 aliphatic carbocycles. The van der Waals surface area contributed by atoms with Crippen molar-refractivity contribution in [2.45, 2.75) is 131 Å². The van der Waals surface area contributed by atoms with Gasteiger partial charge in [-0.25, -0.2) is 19.4 Å². The molecule has 5 heterocycles. The lowest BCUT2D eigenvalue weighted by Crippen LogP contribution is -2.64. The molecule has 0 saturated carbocycles. The fourth-order valence-electron chi connectivity index (χ4n) is 15.8. The molecule has 0 spiro atoms. The monoisotopic (exact) mass is 1760 g/mol. The zero-order valence-corrected chi connectivity index (χ0v) is 74.1. The molecule has 0 radical (unpaired) electrons. The number of benzene rings is 10. The molecule has 12 N–H and O–H groups in total. The number of carbonyl (C=O) groups excluding carboxylic acids is 4. The highest BCUT2D eigenvalue weighted by Crippen LogP contribution is 2.55. The number of urea groups is 1. The standard InChI is InChI=1S/C38H42O10S2.C30H18O10.C29H38N6O2/c1-13-15(3)27(39)21(9)31(43)25(13)37(45)47-33-23(11)29(41)17(5)19(7)35(33)49-50-36-20(8)18(6)30(42)24(12)34(36)48-38(46)26-14(2)16(4)28(40)22(10)32(26)44;31-16-8-22(34)27-25(10-16)38-12-19(29(27)36)14-1-4-18(5-2-14)40-24-7-15(3-6-21(24)33)20-13-39-26-11-17(32)9-23(35)28(26)30(20)37;1-21(2)20-35-27-25(28(36)32(3)29(35)37)30-24(31-27)14-15-33-16-18-34(19-17-33)26(22-10-6-4-7-11-22)23-12-8-5-9-13-23/h39-44H,1-12H3;1-13,31-35H;4-13,21,25-27H,14-20H2,1-3H3,(H,30,31). The molecular weight excluding hydrogens is 1670 g/mol. The summed E-state index contributed by atoms with van der Waals surface area (Å²) in [5, 5.41) is 118. The quantitative estimate of drug-likeness (QED) is 0.0203. The molecule has 2 fully saturated rings. The Balaban J connectivity index is 0.000000165. The maximum Gasteiger partial charge on any atom is 0.347 e. The van der Waals surface area contributed by atoms with E-state index in [2.05, 4.69) is 89.6 Å². The maximum absolute atomic E-state index is 13.7. The number of fused-ring (bicyclic) bond motifs is 3. The molecule has 3 aliphatic heterocycles. The highest BCUT2D eigenvalue weighted by molar-refractivity contribution is 8.76. The predicted molar refractivity (Wildman–Crippen MR) is 484 cm³/mol. The average molecular weight is 1760 g/mol. The molecule has 10 aromatic carbocycles. The number of phenols is 11. The van der Waals surface area contributed by atoms with Crippen LogP contribution in [0, 0.1) is 89.0 Å². The zero-order chi connectivity index (χ0) is 91.9. The van der Waals surface area contributed by atoms with Crippen LogP contribution in [0.15, 0.2) is 173 Å². The van der Waals surface area contributed by atoms with Crippen LogP contribution in [-0.4, -0.2) is 164 Å². The third-order valence-electron chi connectivity index (χ3n) is 23.7. The summed E-state index contributed by atoms with van der Waals surface area (Å²) in [5.41, 5.74) is 7.09. The molecule has 2 aromatic heterocycles. The van der Waals surface area contributed by atoms with Crippen LogP contribution >= 0.6 is 21.6 Å². The lowest BCUT2D eigenvalue weighted by Gasteiger charge is -2.40. The normalized spacial score (nSPS) is 14.6. The Bertz CT molecular complexity index is 6300. The molecule has 3 amide bonds. The number of esters is 2. The summed E-state index contributed by atoms with van der Waals surface area (Å²) in [6, 6.07) is 36.1. The molecule has 30 heteroatoms. The molecule has 2 saturated heterocycles. The van der Waals surface area contributed by atoms with E-state index in [4.69, 9.17) is 28.0 Å². The largest absolute Gasteiger partial charge is 0.508 e. The number of hydrogen-bond donors (Lipinski definition) is 12. The number of carbonyl (C=O) groups is 4.